The van der Waals surface area contributed by atoms with Crippen molar-refractivity contribution in [2.45, 2.75) is 9.79 Å². The van der Waals surface area contributed by atoms with E-state index in [1.807, 2.05) is 30.3 Å². The van der Waals surface area contributed by atoms with Crippen LogP contribution < -0.4 is 10.9 Å². The first-order chi connectivity index (χ1) is 13.1. The van der Waals surface area contributed by atoms with Gasteiger partial charge in [-0.3, -0.25) is 0 Å². The van der Waals surface area contributed by atoms with Gasteiger partial charge in [0.05, 0.1) is 4.90 Å². The Hall–Kier alpha value is -2.76. The minimum Gasteiger partial charge on any atom is -0.421 e. The Kier molecular flexibility index (Phi) is 4.88. The summed E-state index contributed by atoms with van der Waals surface area (Å²) in [6.07, 6.45) is 0. The molecule has 4 aromatic rings. The van der Waals surface area contributed by atoms with E-state index in [2.05, 4.69) is 5.32 Å². The Bertz CT molecular complexity index is 1160. The largest absolute Gasteiger partial charge is 0.421 e. The van der Waals surface area contributed by atoms with Gasteiger partial charge in [0.2, 0.25) is 0 Å². The summed E-state index contributed by atoms with van der Waals surface area (Å²) in [5.74, 6) is -0.346. The lowest BCUT2D eigenvalue weighted by Gasteiger charge is -2.13. The van der Waals surface area contributed by atoms with Crippen molar-refractivity contribution in [2.75, 3.05) is 5.32 Å². The standard InChI is InChI=1S/C21H13ClFNO2S/c22-13-5-11-16(12-6-13)27-20-17-3-1-2-4-18(17)26-21(25)19(20)24-15-9-7-14(23)8-10-15/h1-12,24H. The predicted molar refractivity (Wildman–Crippen MR) is 108 cm³/mol. The van der Waals surface area contributed by atoms with Crippen molar-refractivity contribution in [2.24, 2.45) is 0 Å². The molecule has 6 heteroatoms. The number of benzene rings is 3. The zero-order chi connectivity index (χ0) is 18.8. The third-order valence-corrected chi connectivity index (χ3v) is 5.30. The average molecular weight is 398 g/mol. The second-order valence-electron chi connectivity index (χ2n) is 5.78. The molecule has 4 rings (SSSR count). The van der Waals surface area contributed by atoms with Crippen molar-refractivity contribution in [1.29, 1.82) is 0 Å². The van der Waals surface area contributed by atoms with E-state index in [1.54, 1.807) is 30.3 Å². The van der Waals surface area contributed by atoms with E-state index in [-0.39, 0.29) is 5.82 Å². The van der Waals surface area contributed by atoms with E-state index in [4.69, 9.17) is 16.0 Å². The molecule has 0 aliphatic heterocycles. The lowest BCUT2D eigenvalue weighted by Crippen LogP contribution is -2.09. The van der Waals surface area contributed by atoms with E-state index in [9.17, 15) is 9.18 Å². The monoisotopic (exact) mass is 397 g/mol. The van der Waals surface area contributed by atoms with Gasteiger partial charge < -0.3 is 9.73 Å². The maximum absolute atomic E-state index is 13.2. The molecule has 0 bridgehead atoms. The number of para-hydroxylation sites is 1. The van der Waals surface area contributed by atoms with Crippen molar-refractivity contribution in [3.63, 3.8) is 0 Å². The molecule has 1 heterocycles. The van der Waals surface area contributed by atoms with Crippen molar-refractivity contribution in [3.8, 4) is 0 Å². The lowest BCUT2D eigenvalue weighted by molar-refractivity contribution is 0.561. The summed E-state index contributed by atoms with van der Waals surface area (Å²) in [5.41, 5.74) is 0.912. The van der Waals surface area contributed by atoms with Crippen LogP contribution >= 0.6 is 23.4 Å². The first kappa shape index (κ1) is 17.6. The zero-order valence-corrected chi connectivity index (χ0v) is 15.5. The van der Waals surface area contributed by atoms with Crippen LogP contribution in [0.3, 0.4) is 0 Å². The minimum atomic E-state index is -0.491. The first-order valence-corrected chi connectivity index (χ1v) is 9.31. The Morgan fingerprint density at radius 3 is 2.37 bits per heavy atom. The molecule has 0 unspecified atom stereocenters. The fraction of sp³-hybridized carbons (Fsp3) is 0. The van der Waals surface area contributed by atoms with Crippen LogP contribution in [0.1, 0.15) is 0 Å². The van der Waals surface area contributed by atoms with E-state index >= 15 is 0 Å². The third kappa shape index (κ3) is 3.84. The van der Waals surface area contributed by atoms with Crippen LogP contribution in [0.25, 0.3) is 11.0 Å². The van der Waals surface area contributed by atoms with Crippen LogP contribution in [0.4, 0.5) is 15.8 Å². The lowest BCUT2D eigenvalue weighted by atomic mass is 10.2. The second-order valence-corrected chi connectivity index (χ2v) is 7.30. The van der Waals surface area contributed by atoms with Crippen molar-refractivity contribution < 1.29 is 8.81 Å². The van der Waals surface area contributed by atoms with Crippen molar-refractivity contribution >= 4 is 45.7 Å². The maximum atomic E-state index is 13.2. The fourth-order valence-electron chi connectivity index (χ4n) is 2.63. The Balaban J connectivity index is 1.85. The number of fused-ring (bicyclic) bond motifs is 1. The summed E-state index contributed by atoms with van der Waals surface area (Å²) in [7, 11) is 0. The molecule has 0 saturated heterocycles. The maximum Gasteiger partial charge on any atom is 0.361 e. The highest BCUT2D eigenvalue weighted by molar-refractivity contribution is 7.99. The van der Waals surface area contributed by atoms with Crippen molar-refractivity contribution in [3.05, 3.63) is 94.1 Å². The summed E-state index contributed by atoms with van der Waals surface area (Å²) in [6, 6.07) is 20.5. The Morgan fingerprint density at radius 1 is 0.926 bits per heavy atom. The van der Waals surface area contributed by atoms with Crippen molar-refractivity contribution in [1.82, 2.24) is 0 Å². The molecular weight excluding hydrogens is 385 g/mol. The molecule has 0 aliphatic carbocycles. The molecule has 0 amide bonds. The van der Waals surface area contributed by atoms with Crippen LogP contribution in [-0.4, -0.2) is 0 Å². The Morgan fingerprint density at radius 2 is 1.63 bits per heavy atom. The quantitative estimate of drug-likeness (QED) is 0.400. The average Bonchev–Trinajstić information content (AvgIpc) is 2.67. The summed E-state index contributed by atoms with van der Waals surface area (Å²) < 4.78 is 18.6. The highest BCUT2D eigenvalue weighted by Gasteiger charge is 2.16. The molecule has 3 aromatic carbocycles. The summed E-state index contributed by atoms with van der Waals surface area (Å²) in [5, 5.41) is 4.52. The van der Waals surface area contributed by atoms with Crippen LogP contribution in [-0.2, 0) is 0 Å². The second kappa shape index (κ2) is 7.47. The van der Waals surface area contributed by atoms with E-state index < -0.39 is 5.63 Å². The highest BCUT2D eigenvalue weighted by Crippen LogP contribution is 2.38. The molecule has 0 fully saturated rings. The summed E-state index contributed by atoms with van der Waals surface area (Å²) in [4.78, 5) is 14.3. The van der Waals surface area contributed by atoms with Crippen LogP contribution in [0, 0.1) is 5.82 Å². The SMILES string of the molecule is O=c1oc2ccccc2c(Sc2ccc(Cl)cc2)c1Nc1ccc(F)cc1. The predicted octanol–water partition coefficient (Wildman–Crippen LogP) is 6.48. The van der Waals surface area contributed by atoms with Gasteiger partial charge in [-0.1, -0.05) is 41.6 Å². The third-order valence-electron chi connectivity index (χ3n) is 3.91. The number of hydrogen-bond donors (Lipinski definition) is 1. The minimum absolute atomic E-state index is 0.306. The van der Waals surface area contributed by atoms with Gasteiger partial charge >= 0.3 is 5.63 Å². The molecular formula is C21H13ClFNO2S. The van der Waals surface area contributed by atoms with Gasteiger partial charge in [-0.15, -0.1) is 0 Å². The van der Waals surface area contributed by atoms with Gasteiger partial charge in [0, 0.05) is 21.0 Å². The molecule has 27 heavy (non-hydrogen) atoms. The number of nitrogens with one attached hydrogen (secondary N) is 1. The smallest absolute Gasteiger partial charge is 0.361 e. The number of rotatable bonds is 4. The topological polar surface area (TPSA) is 42.2 Å². The fourth-order valence-corrected chi connectivity index (χ4v) is 3.78. The molecule has 0 spiro atoms. The van der Waals surface area contributed by atoms with Gasteiger partial charge in [0.25, 0.3) is 0 Å². The summed E-state index contributed by atoms with van der Waals surface area (Å²) >= 11 is 7.40. The molecule has 0 atom stereocenters. The number of halogens is 2. The Labute approximate surface area is 163 Å². The highest BCUT2D eigenvalue weighted by atomic mass is 35.5. The molecule has 0 radical (unpaired) electrons. The van der Waals surface area contributed by atoms with E-state index in [0.29, 0.717) is 22.0 Å². The summed E-state index contributed by atoms with van der Waals surface area (Å²) in [6.45, 7) is 0. The van der Waals surface area contributed by atoms with Gasteiger partial charge in [-0.25, -0.2) is 9.18 Å². The van der Waals surface area contributed by atoms with Gasteiger partial charge in [0.1, 0.15) is 17.1 Å². The van der Waals surface area contributed by atoms with E-state index in [0.717, 1.165) is 15.2 Å². The van der Waals surface area contributed by atoms with Crippen LogP contribution in [0.5, 0.6) is 0 Å². The van der Waals surface area contributed by atoms with Gasteiger partial charge in [0.15, 0.2) is 0 Å². The molecule has 3 nitrogen and oxygen atoms in total. The van der Waals surface area contributed by atoms with E-state index in [1.165, 1.54) is 23.9 Å². The van der Waals surface area contributed by atoms with Crippen LogP contribution in [0.2, 0.25) is 5.02 Å². The normalized spacial score (nSPS) is 10.9. The van der Waals surface area contributed by atoms with Gasteiger partial charge in [-0.2, -0.15) is 0 Å². The molecule has 0 saturated carbocycles. The molecule has 1 N–H and O–H groups in total. The number of hydrogen-bond acceptors (Lipinski definition) is 4. The van der Waals surface area contributed by atoms with Crippen LogP contribution in [0.15, 0.2) is 91.8 Å². The molecule has 1 aromatic heterocycles. The zero-order valence-electron chi connectivity index (χ0n) is 13.9. The van der Waals surface area contributed by atoms with Gasteiger partial charge in [-0.05, 0) is 54.6 Å². The molecule has 134 valence electrons. The first-order valence-electron chi connectivity index (χ1n) is 8.12. The molecule has 0 aliphatic rings. The number of anilines is 2.